The highest BCUT2D eigenvalue weighted by Crippen LogP contribution is 2.24. The summed E-state index contributed by atoms with van der Waals surface area (Å²) in [5.74, 6) is -1.53. The lowest BCUT2D eigenvalue weighted by Gasteiger charge is -2.21. The van der Waals surface area contributed by atoms with Gasteiger partial charge in [-0.25, -0.2) is 9.78 Å². The SMILES string of the molecule is CC(NC(=O)C(C)(C)C)C(=O)NCc1cccc(-c2nc(C(=O)O)cs2)c1. The number of amides is 2. The molecule has 2 aromatic rings. The number of hydrogen-bond donors (Lipinski definition) is 3. The lowest BCUT2D eigenvalue weighted by molar-refractivity contribution is -0.133. The minimum Gasteiger partial charge on any atom is -0.476 e. The van der Waals surface area contributed by atoms with E-state index in [1.165, 1.54) is 16.7 Å². The molecule has 0 aliphatic heterocycles. The van der Waals surface area contributed by atoms with Crippen LogP contribution in [-0.4, -0.2) is 33.9 Å². The van der Waals surface area contributed by atoms with Gasteiger partial charge in [-0.3, -0.25) is 9.59 Å². The first-order valence-electron chi connectivity index (χ1n) is 8.44. The van der Waals surface area contributed by atoms with Gasteiger partial charge in [0.1, 0.15) is 11.0 Å². The Hall–Kier alpha value is -2.74. The predicted octanol–water partition coefficient (Wildman–Crippen LogP) is 2.68. The number of carboxylic acid groups (broad SMARTS) is 1. The van der Waals surface area contributed by atoms with Crippen molar-refractivity contribution < 1.29 is 19.5 Å². The number of carboxylic acids is 1. The van der Waals surface area contributed by atoms with Gasteiger partial charge < -0.3 is 15.7 Å². The third-order valence-electron chi connectivity index (χ3n) is 3.79. The number of carbonyl (C=O) groups is 3. The van der Waals surface area contributed by atoms with Crippen LogP contribution in [0.2, 0.25) is 0 Å². The van der Waals surface area contributed by atoms with Crippen LogP contribution in [0, 0.1) is 5.41 Å². The van der Waals surface area contributed by atoms with E-state index in [1.807, 2.05) is 24.3 Å². The zero-order chi connectivity index (χ0) is 20.2. The van der Waals surface area contributed by atoms with Crippen molar-refractivity contribution in [2.75, 3.05) is 0 Å². The van der Waals surface area contributed by atoms with Gasteiger partial charge in [0, 0.05) is 22.9 Å². The van der Waals surface area contributed by atoms with Crippen molar-refractivity contribution in [1.29, 1.82) is 0 Å². The molecule has 0 spiro atoms. The van der Waals surface area contributed by atoms with Crippen molar-refractivity contribution in [1.82, 2.24) is 15.6 Å². The molecule has 3 N–H and O–H groups in total. The number of thiazole rings is 1. The molecule has 1 heterocycles. The normalized spacial score (nSPS) is 12.3. The summed E-state index contributed by atoms with van der Waals surface area (Å²) in [7, 11) is 0. The maximum atomic E-state index is 12.2. The topological polar surface area (TPSA) is 108 Å². The quantitative estimate of drug-likeness (QED) is 0.704. The molecule has 1 unspecified atom stereocenters. The zero-order valence-electron chi connectivity index (χ0n) is 15.7. The highest BCUT2D eigenvalue weighted by atomic mass is 32.1. The Labute approximate surface area is 161 Å². The number of carbonyl (C=O) groups excluding carboxylic acids is 2. The molecule has 2 rings (SSSR count). The van der Waals surface area contributed by atoms with Crippen molar-refractivity contribution in [3.63, 3.8) is 0 Å². The Kier molecular flexibility index (Phi) is 6.32. The molecule has 0 aliphatic carbocycles. The highest BCUT2D eigenvalue weighted by Gasteiger charge is 2.24. The van der Waals surface area contributed by atoms with E-state index in [4.69, 9.17) is 5.11 Å². The van der Waals surface area contributed by atoms with Gasteiger partial charge in [-0.05, 0) is 18.6 Å². The maximum absolute atomic E-state index is 12.2. The van der Waals surface area contributed by atoms with Crippen LogP contribution < -0.4 is 10.6 Å². The van der Waals surface area contributed by atoms with E-state index < -0.39 is 17.4 Å². The number of aromatic carboxylic acids is 1. The first-order chi connectivity index (χ1) is 12.6. The fraction of sp³-hybridized carbons (Fsp3) is 0.368. The van der Waals surface area contributed by atoms with Crippen LogP contribution in [0.5, 0.6) is 0 Å². The van der Waals surface area contributed by atoms with E-state index in [0.717, 1.165) is 11.1 Å². The second-order valence-electron chi connectivity index (χ2n) is 7.21. The fourth-order valence-corrected chi connectivity index (χ4v) is 2.93. The molecule has 2 amide bonds. The summed E-state index contributed by atoms with van der Waals surface area (Å²) in [6.45, 7) is 7.28. The minimum atomic E-state index is -1.06. The number of benzene rings is 1. The molecule has 144 valence electrons. The van der Waals surface area contributed by atoms with Gasteiger partial charge in [0.2, 0.25) is 11.8 Å². The van der Waals surface area contributed by atoms with E-state index >= 15 is 0 Å². The van der Waals surface area contributed by atoms with Gasteiger partial charge in [-0.15, -0.1) is 11.3 Å². The molecular weight excluding hydrogens is 366 g/mol. The third-order valence-corrected chi connectivity index (χ3v) is 4.68. The van der Waals surface area contributed by atoms with E-state index in [-0.39, 0.29) is 17.5 Å². The average molecular weight is 389 g/mol. The molecule has 7 nitrogen and oxygen atoms in total. The molecule has 0 saturated carbocycles. The van der Waals surface area contributed by atoms with Crippen molar-refractivity contribution in [2.45, 2.75) is 40.3 Å². The number of nitrogens with one attached hydrogen (secondary N) is 2. The van der Waals surface area contributed by atoms with Crippen LogP contribution in [-0.2, 0) is 16.1 Å². The molecule has 0 saturated heterocycles. The second kappa shape index (κ2) is 8.30. The minimum absolute atomic E-state index is 0.0112. The summed E-state index contributed by atoms with van der Waals surface area (Å²) < 4.78 is 0. The average Bonchev–Trinajstić information content (AvgIpc) is 3.09. The fourth-order valence-electron chi connectivity index (χ4n) is 2.14. The second-order valence-corrected chi connectivity index (χ2v) is 8.06. The van der Waals surface area contributed by atoms with E-state index in [2.05, 4.69) is 15.6 Å². The predicted molar refractivity (Wildman–Crippen MR) is 103 cm³/mol. The summed E-state index contributed by atoms with van der Waals surface area (Å²) in [6.07, 6.45) is 0. The lowest BCUT2D eigenvalue weighted by Crippen LogP contribution is -2.48. The molecule has 1 aromatic carbocycles. The molecule has 1 aromatic heterocycles. The van der Waals surface area contributed by atoms with Crippen molar-refractivity contribution in [3.8, 4) is 10.6 Å². The number of hydrogen-bond acceptors (Lipinski definition) is 5. The molecule has 27 heavy (non-hydrogen) atoms. The molecule has 0 radical (unpaired) electrons. The van der Waals surface area contributed by atoms with Crippen molar-refractivity contribution in [2.24, 2.45) is 5.41 Å². The number of rotatable bonds is 6. The monoisotopic (exact) mass is 389 g/mol. The molecular formula is C19H23N3O4S. The first-order valence-corrected chi connectivity index (χ1v) is 9.32. The lowest BCUT2D eigenvalue weighted by atomic mass is 9.95. The zero-order valence-corrected chi connectivity index (χ0v) is 16.5. The van der Waals surface area contributed by atoms with Gasteiger partial charge in [-0.2, -0.15) is 0 Å². The first kappa shape index (κ1) is 20.6. The summed E-state index contributed by atoms with van der Waals surface area (Å²) in [6, 6.07) is 6.72. The highest BCUT2D eigenvalue weighted by molar-refractivity contribution is 7.13. The summed E-state index contributed by atoms with van der Waals surface area (Å²) in [5, 5.41) is 16.6. The van der Waals surface area contributed by atoms with Gasteiger partial charge in [0.15, 0.2) is 5.69 Å². The van der Waals surface area contributed by atoms with Crippen molar-refractivity contribution in [3.05, 3.63) is 40.9 Å². The van der Waals surface area contributed by atoms with Gasteiger partial charge in [-0.1, -0.05) is 39.0 Å². The van der Waals surface area contributed by atoms with E-state index in [9.17, 15) is 14.4 Å². The Bertz CT molecular complexity index is 855. The third kappa shape index (κ3) is 5.62. The van der Waals surface area contributed by atoms with Crippen molar-refractivity contribution >= 4 is 29.1 Å². The summed E-state index contributed by atoms with van der Waals surface area (Å²) in [5.41, 5.74) is 1.08. The van der Waals surface area contributed by atoms with E-state index in [1.54, 1.807) is 27.7 Å². The van der Waals surface area contributed by atoms with Crippen LogP contribution in [0.1, 0.15) is 43.7 Å². The van der Waals surface area contributed by atoms with Gasteiger partial charge in [0.05, 0.1) is 0 Å². The molecule has 0 fully saturated rings. The Morgan fingerprint density at radius 2 is 1.96 bits per heavy atom. The van der Waals surface area contributed by atoms with Crippen LogP contribution in [0.25, 0.3) is 10.6 Å². The van der Waals surface area contributed by atoms with Gasteiger partial charge in [0.25, 0.3) is 0 Å². The Morgan fingerprint density at radius 3 is 2.56 bits per heavy atom. The van der Waals surface area contributed by atoms with Crippen LogP contribution in [0.4, 0.5) is 0 Å². The Morgan fingerprint density at radius 1 is 1.26 bits per heavy atom. The standard InChI is InChI=1S/C19H23N3O4S/c1-11(21-18(26)19(2,3)4)15(23)20-9-12-6-5-7-13(8-12)16-22-14(10-27-16)17(24)25/h5-8,10-11H,9H2,1-4H3,(H,20,23)(H,21,26)(H,24,25). The van der Waals surface area contributed by atoms with Crippen LogP contribution >= 0.6 is 11.3 Å². The van der Waals surface area contributed by atoms with E-state index in [0.29, 0.717) is 11.6 Å². The summed E-state index contributed by atoms with van der Waals surface area (Å²) in [4.78, 5) is 39.2. The summed E-state index contributed by atoms with van der Waals surface area (Å²) >= 11 is 1.25. The van der Waals surface area contributed by atoms with Crippen LogP contribution in [0.15, 0.2) is 29.6 Å². The maximum Gasteiger partial charge on any atom is 0.355 e. The number of nitrogens with zero attached hydrogens (tertiary/aromatic N) is 1. The number of aromatic nitrogens is 1. The largest absolute Gasteiger partial charge is 0.476 e. The van der Waals surface area contributed by atoms with Crippen LogP contribution in [0.3, 0.4) is 0 Å². The molecule has 1 atom stereocenters. The van der Waals surface area contributed by atoms with Gasteiger partial charge >= 0.3 is 5.97 Å². The smallest absolute Gasteiger partial charge is 0.355 e. The molecule has 0 bridgehead atoms. The molecule has 8 heteroatoms. The molecule has 0 aliphatic rings. The Balaban J connectivity index is 1.98.